The fourth-order valence-electron chi connectivity index (χ4n) is 4.39. The first kappa shape index (κ1) is 11.1. The summed E-state index contributed by atoms with van der Waals surface area (Å²) in [7, 11) is 0. The van der Waals surface area contributed by atoms with Gasteiger partial charge in [0.1, 0.15) is 0 Å². The van der Waals surface area contributed by atoms with Crippen LogP contribution in [0.25, 0.3) is 10.9 Å². The molecule has 1 saturated carbocycles. The van der Waals surface area contributed by atoms with Gasteiger partial charge in [0.2, 0.25) is 0 Å². The summed E-state index contributed by atoms with van der Waals surface area (Å²) in [6.45, 7) is 10.5. The lowest BCUT2D eigenvalue weighted by molar-refractivity contribution is 0.128. The minimum absolute atomic E-state index is 0.0712. The fraction of sp³-hybridized carbons (Fsp3) is 0.500. The Morgan fingerprint density at radius 3 is 2.95 bits per heavy atom. The van der Waals surface area contributed by atoms with Crippen molar-refractivity contribution in [3.8, 4) is 0 Å². The van der Waals surface area contributed by atoms with E-state index in [-0.39, 0.29) is 10.8 Å². The minimum Gasteiger partial charge on any atom is -0.361 e. The molecule has 2 aromatic rings. The van der Waals surface area contributed by atoms with E-state index in [1.54, 1.807) is 0 Å². The predicted octanol–water partition coefficient (Wildman–Crippen LogP) is 5.54. The normalized spacial score (nSPS) is 42.0. The lowest BCUT2D eigenvalue weighted by atomic mass is 9.53. The number of fused-ring (bicyclic) bond motifs is 2. The Kier molecular flexibility index (Phi) is 2.13. The van der Waals surface area contributed by atoms with Gasteiger partial charge in [-0.2, -0.15) is 0 Å². The van der Waals surface area contributed by atoms with Crippen LogP contribution in [-0.4, -0.2) is 4.98 Å². The highest BCUT2D eigenvalue weighted by atomic mass is 14.7. The van der Waals surface area contributed by atoms with Gasteiger partial charge in [-0.05, 0) is 59.1 Å². The van der Waals surface area contributed by atoms with Crippen LogP contribution in [0.4, 0.5) is 0 Å². The standard InChI is InChI=1S/C20H25N/c1-5-20(4)10-9-15-13(11-20)14-12-21-17-8-6-7-16(18(14)17)19(15,2)3/h5-8,12-13,15,21H,1,9-11H2,2-4H3/t13-,15-,20-/m0/s1/i13D,15D. The number of aromatic amines is 1. The maximum atomic E-state index is 9.47. The van der Waals surface area contributed by atoms with Gasteiger partial charge in [-0.1, -0.05) is 39.0 Å². The van der Waals surface area contributed by atoms with Crippen LogP contribution in [0, 0.1) is 11.3 Å². The second-order valence-electron chi connectivity index (χ2n) is 7.55. The lowest BCUT2D eigenvalue weighted by Gasteiger charge is -2.51. The summed E-state index contributed by atoms with van der Waals surface area (Å²) in [6, 6.07) is 6.29. The highest BCUT2D eigenvalue weighted by Crippen LogP contribution is 2.58. The summed E-state index contributed by atoms with van der Waals surface area (Å²) in [5.41, 5.74) is 2.88. The molecule has 1 nitrogen and oxygen atoms in total. The average molecular weight is 281 g/mol. The predicted molar refractivity (Wildman–Crippen MR) is 89.7 cm³/mol. The molecule has 1 N–H and O–H groups in total. The average Bonchev–Trinajstić information content (AvgIpc) is 2.95. The molecule has 0 unspecified atom stereocenters. The van der Waals surface area contributed by atoms with Crippen molar-refractivity contribution in [1.82, 2.24) is 4.98 Å². The summed E-state index contributed by atoms with van der Waals surface area (Å²) >= 11 is 0. The molecule has 0 radical (unpaired) electrons. The van der Waals surface area contributed by atoms with Gasteiger partial charge in [0.05, 0.1) is 0 Å². The van der Waals surface area contributed by atoms with Gasteiger partial charge in [-0.25, -0.2) is 0 Å². The van der Waals surface area contributed by atoms with Crippen molar-refractivity contribution in [3.63, 3.8) is 0 Å². The zero-order valence-corrected chi connectivity index (χ0v) is 13.2. The molecule has 1 heterocycles. The van der Waals surface area contributed by atoms with E-state index in [4.69, 9.17) is 0 Å². The lowest BCUT2D eigenvalue weighted by Crippen LogP contribution is -2.42. The topological polar surface area (TPSA) is 15.8 Å². The summed E-state index contributed by atoms with van der Waals surface area (Å²) in [6.07, 6.45) is 6.30. The summed E-state index contributed by atoms with van der Waals surface area (Å²) < 4.78 is 18.9. The van der Waals surface area contributed by atoms with Crippen LogP contribution < -0.4 is 0 Å². The molecule has 1 aromatic heterocycles. The molecule has 1 aromatic carbocycles. The van der Waals surface area contributed by atoms with Crippen molar-refractivity contribution >= 4 is 10.9 Å². The Morgan fingerprint density at radius 1 is 1.38 bits per heavy atom. The quantitative estimate of drug-likeness (QED) is 0.661. The van der Waals surface area contributed by atoms with Crippen LogP contribution in [0.15, 0.2) is 37.1 Å². The zero-order valence-electron chi connectivity index (χ0n) is 15.2. The number of hydrogen-bond acceptors (Lipinski definition) is 0. The van der Waals surface area contributed by atoms with Crippen LogP contribution in [0.1, 0.15) is 59.8 Å². The van der Waals surface area contributed by atoms with E-state index in [2.05, 4.69) is 50.5 Å². The first-order valence-corrected chi connectivity index (χ1v) is 7.93. The number of H-pyrrole nitrogens is 1. The third-order valence-corrected chi connectivity index (χ3v) is 5.84. The highest BCUT2D eigenvalue weighted by Gasteiger charge is 2.48. The Labute approximate surface area is 130 Å². The van der Waals surface area contributed by atoms with Crippen molar-refractivity contribution in [2.75, 3.05) is 0 Å². The number of hydrogen-bond donors (Lipinski definition) is 1. The number of nitrogens with one attached hydrogen (secondary N) is 1. The summed E-state index contributed by atoms with van der Waals surface area (Å²) in [5, 5.41) is 1.17. The van der Waals surface area contributed by atoms with Gasteiger partial charge >= 0.3 is 0 Å². The Hall–Kier alpha value is -1.50. The van der Waals surface area contributed by atoms with Crippen LogP contribution >= 0.6 is 0 Å². The maximum absolute atomic E-state index is 9.47. The molecule has 2 aliphatic carbocycles. The van der Waals surface area contributed by atoms with Gasteiger partial charge in [-0.3, -0.25) is 0 Å². The van der Waals surface area contributed by atoms with Gasteiger partial charge in [-0.15, -0.1) is 6.58 Å². The number of benzene rings is 1. The van der Waals surface area contributed by atoms with Crippen molar-refractivity contribution in [3.05, 3.63) is 48.2 Å². The van der Waals surface area contributed by atoms with Crippen molar-refractivity contribution in [2.24, 2.45) is 11.3 Å². The molecule has 4 rings (SSSR count). The number of allylic oxidation sites excluding steroid dienone is 1. The molecule has 3 atom stereocenters. The van der Waals surface area contributed by atoms with E-state index < -0.39 is 11.8 Å². The Morgan fingerprint density at radius 2 is 2.19 bits per heavy atom. The molecule has 0 bridgehead atoms. The third kappa shape index (κ3) is 1.64. The molecule has 0 saturated heterocycles. The maximum Gasteiger partial charge on any atom is 0.0459 e. The van der Waals surface area contributed by atoms with E-state index in [0.717, 1.165) is 23.9 Å². The van der Waals surface area contributed by atoms with E-state index in [1.165, 1.54) is 10.9 Å². The molecular weight excluding hydrogens is 254 g/mol. The molecule has 0 spiro atoms. The molecular formula is C20H25N. The largest absolute Gasteiger partial charge is 0.361 e. The zero-order chi connectivity index (χ0) is 16.7. The van der Waals surface area contributed by atoms with E-state index >= 15 is 0 Å². The van der Waals surface area contributed by atoms with Crippen molar-refractivity contribution < 1.29 is 2.74 Å². The van der Waals surface area contributed by atoms with Crippen molar-refractivity contribution in [2.45, 2.75) is 51.3 Å². The van der Waals surface area contributed by atoms with Crippen molar-refractivity contribution in [1.29, 1.82) is 0 Å². The molecule has 2 aliphatic rings. The second kappa shape index (κ2) is 4.03. The Balaban J connectivity index is 2.09. The molecule has 110 valence electrons. The molecule has 21 heavy (non-hydrogen) atoms. The summed E-state index contributed by atoms with van der Waals surface area (Å²) in [5.74, 6) is -1.74. The first-order valence-electron chi connectivity index (χ1n) is 8.93. The van der Waals surface area contributed by atoms with E-state index in [9.17, 15) is 2.74 Å². The van der Waals surface area contributed by atoms with Gasteiger partial charge in [0.25, 0.3) is 0 Å². The van der Waals surface area contributed by atoms with Crippen LogP contribution in [-0.2, 0) is 5.41 Å². The molecule has 1 heteroatoms. The van der Waals surface area contributed by atoms with Crippen LogP contribution in [0.3, 0.4) is 0 Å². The Bertz CT molecular complexity index is 820. The smallest absolute Gasteiger partial charge is 0.0459 e. The third-order valence-electron chi connectivity index (χ3n) is 5.84. The summed E-state index contributed by atoms with van der Waals surface area (Å²) in [4.78, 5) is 3.35. The minimum atomic E-state index is -0.912. The van der Waals surface area contributed by atoms with Crippen LogP contribution in [0.2, 0.25) is 0 Å². The molecule has 1 fully saturated rings. The van der Waals surface area contributed by atoms with E-state index in [0.29, 0.717) is 6.42 Å². The van der Waals surface area contributed by atoms with E-state index in [1.807, 2.05) is 12.3 Å². The van der Waals surface area contributed by atoms with Gasteiger partial charge in [0, 0.05) is 19.8 Å². The second-order valence-corrected chi connectivity index (χ2v) is 7.55. The number of rotatable bonds is 1. The van der Waals surface area contributed by atoms with Gasteiger partial charge in [0.15, 0.2) is 0 Å². The fourth-order valence-corrected chi connectivity index (χ4v) is 4.39. The monoisotopic (exact) mass is 281 g/mol. The SMILES string of the molecule is [2H][C@@]12C[C@@](C)(C=C)CC[C@]1([2H])C(C)(C)c1cccc3[nH]cc2c13. The van der Waals surface area contributed by atoms with Crippen LogP contribution in [0.5, 0.6) is 0 Å². The molecule has 0 aliphatic heterocycles. The highest BCUT2D eigenvalue weighted by molar-refractivity contribution is 5.89. The van der Waals surface area contributed by atoms with Gasteiger partial charge < -0.3 is 4.98 Å². The molecule has 0 amide bonds. The first-order chi connectivity index (χ1) is 10.7. The number of aromatic nitrogens is 1.